The number of nitrogens with zero attached hydrogens (tertiary/aromatic N) is 1. The van der Waals surface area contributed by atoms with Crippen LogP contribution in [-0.2, 0) is 4.79 Å². The van der Waals surface area contributed by atoms with E-state index in [1.807, 2.05) is 6.92 Å². The summed E-state index contributed by atoms with van der Waals surface area (Å²) in [6, 6.07) is 0.223. The van der Waals surface area contributed by atoms with Gasteiger partial charge in [0, 0.05) is 6.04 Å². The highest BCUT2D eigenvalue weighted by Gasteiger charge is 2.25. The molecule has 0 saturated carbocycles. The largest absolute Gasteiger partial charge is 0.300 e. The van der Waals surface area contributed by atoms with E-state index in [4.69, 9.17) is 5.84 Å². The van der Waals surface area contributed by atoms with Gasteiger partial charge in [0.25, 0.3) is 0 Å². The van der Waals surface area contributed by atoms with Gasteiger partial charge < -0.3 is 0 Å². The van der Waals surface area contributed by atoms with E-state index < -0.39 is 0 Å². The number of carbonyl (C=O) groups excluding carboxylic acids is 1. The van der Waals surface area contributed by atoms with E-state index in [9.17, 15) is 4.79 Å². The molecule has 0 aliphatic rings. The van der Waals surface area contributed by atoms with E-state index >= 15 is 0 Å². The lowest BCUT2D eigenvalue weighted by Gasteiger charge is -2.33. The molecule has 3 N–H and O–H groups in total. The van der Waals surface area contributed by atoms with Gasteiger partial charge in [-0.05, 0) is 44.7 Å². The predicted octanol–water partition coefficient (Wildman–Crippen LogP) is 2.40. The zero-order chi connectivity index (χ0) is 15.0. The SMILES string of the molecule is CC(C)CCN(CCC(C)C)C(C)C(C)C(=O)NN. The first kappa shape index (κ1) is 18.4. The third-order valence-corrected chi connectivity index (χ3v) is 3.84. The Balaban J connectivity index is 4.55. The summed E-state index contributed by atoms with van der Waals surface area (Å²) in [7, 11) is 0. The van der Waals surface area contributed by atoms with Crippen LogP contribution in [0.25, 0.3) is 0 Å². The molecule has 4 nitrogen and oxygen atoms in total. The number of amides is 1. The molecule has 0 radical (unpaired) electrons. The molecule has 0 bridgehead atoms. The molecule has 1 amide bonds. The van der Waals surface area contributed by atoms with Crippen molar-refractivity contribution in [3.05, 3.63) is 0 Å². The van der Waals surface area contributed by atoms with Gasteiger partial charge in [0.2, 0.25) is 5.91 Å². The third kappa shape index (κ3) is 7.53. The van der Waals surface area contributed by atoms with Gasteiger partial charge in [0.15, 0.2) is 0 Å². The zero-order valence-corrected chi connectivity index (χ0v) is 13.6. The van der Waals surface area contributed by atoms with E-state index in [2.05, 4.69) is 44.9 Å². The lowest BCUT2D eigenvalue weighted by atomic mass is 9.99. The topological polar surface area (TPSA) is 58.4 Å². The standard InChI is InChI=1S/C15H33N3O/c1-11(2)7-9-18(10-8-12(3)4)14(6)13(5)15(19)17-16/h11-14H,7-10,16H2,1-6H3,(H,17,19). The summed E-state index contributed by atoms with van der Waals surface area (Å²) in [4.78, 5) is 14.1. The van der Waals surface area contributed by atoms with Crippen molar-refractivity contribution >= 4 is 5.91 Å². The van der Waals surface area contributed by atoms with Crippen LogP contribution in [0, 0.1) is 17.8 Å². The first-order valence-corrected chi connectivity index (χ1v) is 7.54. The lowest BCUT2D eigenvalue weighted by molar-refractivity contribution is -0.126. The second kappa shape index (κ2) is 9.32. The van der Waals surface area contributed by atoms with Crippen molar-refractivity contribution in [2.45, 2.75) is 60.4 Å². The Hall–Kier alpha value is -0.610. The molecule has 0 heterocycles. The lowest BCUT2D eigenvalue weighted by Crippen LogP contribution is -2.47. The second-order valence-corrected chi connectivity index (χ2v) is 6.44. The molecule has 0 rings (SSSR count). The van der Waals surface area contributed by atoms with Crippen LogP contribution < -0.4 is 11.3 Å². The Kier molecular flexibility index (Phi) is 9.02. The van der Waals surface area contributed by atoms with Gasteiger partial charge in [-0.25, -0.2) is 5.84 Å². The van der Waals surface area contributed by atoms with Crippen molar-refractivity contribution in [1.29, 1.82) is 0 Å². The van der Waals surface area contributed by atoms with Crippen molar-refractivity contribution in [2.24, 2.45) is 23.6 Å². The number of hydrogen-bond donors (Lipinski definition) is 2. The maximum atomic E-state index is 11.7. The van der Waals surface area contributed by atoms with E-state index in [-0.39, 0.29) is 17.9 Å². The average molecular weight is 271 g/mol. The Morgan fingerprint density at radius 2 is 1.42 bits per heavy atom. The number of nitrogens with two attached hydrogens (primary N) is 1. The molecule has 0 spiro atoms. The molecule has 0 aliphatic carbocycles. The summed E-state index contributed by atoms with van der Waals surface area (Å²) >= 11 is 0. The molecule has 0 fully saturated rings. The summed E-state index contributed by atoms with van der Waals surface area (Å²) in [5.41, 5.74) is 2.26. The van der Waals surface area contributed by atoms with E-state index in [0.29, 0.717) is 11.8 Å². The molecule has 4 heteroatoms. The highest BCUT2D eigenvalue weighted by molar-refractivity contribution is 5.78. The van der Waals surface area contributed by atoms with Gasteiger partial charge in [-0.15, -0.1) is 0 Å². The fourth-order valence-corrected chi connectivity index (χ4v) is 2.03. The first-order valence-electron chi connectivity index (χ1n) is 7.54. The first-order chi connectivity index (χ1) is 8.79. The zero-order valence-electron chi connectivity index (χ0n) is 13.6. The maximum Gasteiger partial charge on any atom is 0.238 e. The highest BCUT2D eigenvalue weighted by atomic mass is 16.2. The number of nitrogens with one attached hydrogen (secondary N) is 1. The fraction of sp³-hybridized carbons (Fsp3) is 0.933. The minimum atomic E-state index is -0.0793. The molecular formula is C15H33N3O. The molecule has 2 unspecified atom stereocenters. The summed E-state index contributed by atoms with van der Waals surface area (Å²) in [5.74, 6) is 6.46. The van der Waals surface area contributed by atoms with Gasteiger partial charge in [0.05, 0.1) is 5.92 Å². The van der Waals surface area contributed by atoms with Gasteiger partial charge in [-0.1, -0.05) is 34.6 Å². The molecular weight excluding hydrogens is 238 g/mol. The maximum absolute atomic E-state index is 11.7. The van der Waals surface area contributed by atoms with Crippen LogP contribution in [0.2, 0.25) is 0 Å². The fourth-order valence-electron chi connectivity index (χ4n) is 2.03. The van der Waals surface area contributed by atoms with Crippen molar-refractivity contribution in [3.8, 4) is 0 Å². The van der Waals surface area contributed by atoms with E-state index in [1.54, 1.807) is 0 Å². The van der Waals surface area contributed by atoms with Crippen LogP contribution in [0.3, 0.4) is 0 Å². The minimum Gasteiger partial charge on any atom is -0.300 e. The van der Waals surface area contributed by atoms with Crippen molar-refractivity contribution in [1.82, 2.24) is 10.3 Å². The van der Waals surface area contributed by atoms with Crippen molar-refractivity contribution in [2.75, 3.05) is 13.1 Å². The average Bonchev–Trinajstić information content (AvgIpc) is 2.35. The number of hydrazine groups is 1. The number of rotatable bonds is 9. The van der Waals surface area contributed by atoms with E-state index in [0.717, 1.165) is 13.1 Å². The summed E-state index contributed by atoms with van der Waals surface area (Å²) in [6.45, 7) is 15.1. The van der Waals surface area contributed by atoms with Crippen molar-refractivity contribution in [3.63, 3.8) is 0 Å². The molecule has 0 aromatic heterocycles. The number of carbonyl (C=O) groups is 1. The van der Waals surface area contributed by atoms with Gasteiger partial charge in [-0.2, -0.15) is 0 Å². The molecule has 2 atom stereocenters. The van der Waals surface area contributed by atoms with Gasteiger partial charge in [-0.3, -0.25) is 15.1 Å². The Bertz CT molecular complexity index is 242. The third-order valence-electron chi connectivity index (χ3n) is 3.84. The second-order valence-electron chi connectivity index (χ2n) is 6.44. The molecule has 0 aliphatic heterocycles. The summed E-state index contributed by atoms with van der Waals surface area (Å²) in [6.07, 6.45) is 2.33. The minimum absolute atomic E-state index is 0.0772. The summed E-state index contributed by atoms with van der Waals surface area (Å²) < 4.78 is 0. The quantitative estimate of drug-likeness (QED) is 0.384. The smallest absolute Gasteiger partial charge is 0.238 e. The van der Waals surface area contributed by atoms with Crippen LogP contribution >= 0.6 is 0 Å². The molecule has 114 valence electrons. The van der Waals surface area contributed by atoms with E-state index in [1.165, 1.54) is 12.8 Å². The predicted molar refractivity (Wildman–Crippen MR) is 81.4 cm³/mol. The van der Waals surface area contributed by atoms with Crippen LogP contribution in [-0.4, -0.2) is 29.9 Å². The summed E-state index contributed by atoms with van der Waals surface area (Å²) in [5, 5.41) is 0. The molecule has 19 heavy (non-hydrogen) atoms. The highest BCUT2D eigenvalue weighted by Crippen LogP contribution is 2.15. The Morgan fingerprint density at radius 3 is 1.74 bits per heavy atom. The van der Waals surface area contributed by atoms with Gasteiger partial charge >= 0.3 is 0 Å². The normalized spacial score (nSPS) is 15.1. The molecule has 0 aromatic carbocycles. The van der Waals surface area contributed by atoms with Crippen LogP contribution in [0.1, 0.15) is 54.4 Å². The van der Waals surface area contributed by atoms with Crippen molar-refractivity contribution < 1.29 is 4.79 Å². The van der Waals surface area contributed by atoms with Crippen LogP contribution in [0.5, 0.6) is 0 Å². The molecule has 0 aromatic rings. The van der Waals surface area contributed by atoms with Crippen LogP contribution in [0.15, 0.2) is 0 Å². The monoisotopic (exact) mass is 271 g/mol. The number of hydrogen-bond acceptors (Lipinski definition) is 3. The molecule has 0 saturated heterocycles. The van der Waals surface area contributed by atoms with Gasteiger partial charge in [0.1, 0.15) is 0 Å². The Morgan fingerprint density at radius 1 is 1.00 bits per heavy atom. The van der Waals surface area contributed by atoms with Crippen LogP contribution in [0.4, 0.5) is 0 Å². The Labute approximate surface area is 119 Å².